The number of aryl methyl sites for hydroxylation is 1. The second-order valence-electron chi connectivity index (χ2n) is 7.11. The summed E-state index contributed by atoms with van der Waals surface area (Å²) < 4.78 is 0. The summed E-state index contributed by atoms with van der Waals surface area (Å²) in [5.41, 5.74) is 3.24. The second-order valence-corrected chi connectivity index (χ2v) is 7.11. The van der Waals surface area contributed by atoms with Crippen LogP contribution in [0.4, 0.5) is 5.69 Å². The smallest absolute Gasteiger partial charge is 0.255 e. The van der Waals surface area contributed by atoms with Gasteiger partial charge < -0.3 is 10.2 Å². The second kappa shape index (κ2) is 6.08. The van der Waals surface area contributed by atoms with Crippen molar-refractivity contribution in [1.82, 2.24) is 4.90 Å². The van der Waals surface area contributed by atoms with Gasteiger partial charge in [-0.2, -0.15) is 0 Å². The molecular formula is C18H28N2O. The molecule has 1 aliphatic rings. The van der Waals surface area contributed by atoms with Gasteiger partial charge in [-0.05, 0) is 50.2 Å². The van der Waals surface area contributed by atoms with Crippen molar-refractivity contribution in [3.8, 4) is 0 Å². The maximum absolute atomic E-state index is 12.8. The Morgan fingerprint density at radius 3 is 2.48 bits per heavy atom. The van der Waals surface area contributed by atoms with Gasteiger partial charge in [-0.3, -0.25) is 4.79 Å². The van der Waals surface area contributed by atoms with Gasteiger partial charge >= 0.3 is 0 Å². The molecule has 0 bridgehead atoms. The zero-order valence-corrected chi connectivity index (χ0v) is 14.0. The average Bonchev–Trinajstić information content (AvgIpc) is 2.45. The molecule has 0 unspecified atom stereocenters. The van der Waals surface area contributed by atoms with Gasteiger partial charge in [-0.1, -0.05) is 25.5 Å². The molecule has 1 fully saturated rings. The molecule has 1 aliphatic carbocycles. The summed E-state index contributed by atoms with van der Waals surface area (Å²) in [6, 6.07) is 6.37. The molecule has 0 radical (unpaired) electrons. The van der Waals surface area contributed by atoms with E-state index in [4.69, 9.17) is 0 Å². The summed E-state index contributed by atoms with van der Waals surface area (Å²) in [5, 5.41) is 3.13. The highest BCUT2D eigenvalue weighted by Crippen LogP contribution is 2.37. The third-order valence-corrected chi connectivity index (χ3v) is 4.85. The molecule has 0 atom stereocenters. The number of amides is 1. The molecule has 3 nitrogen and oxygen atoms in total. The van der Waals surface area contributed by atoms with Crippen LogP contribution in [0.15, 0.2) is 18.2 Å². The zero-order chi connectivity index (χ0) is 15.6. The van der Waals surface area contributed by atoms with Crippen LogP contribution in [0, 0.1) is 12.3 Å². The lowest BCUT2D eigenvalue weighted by Crippen LogP contribution is -2.41. The summed E-state index contributed by atoms with van der Waals surface area (Å²) in [6.45, 7) is 6.68. The Hall–Kier alpha value is -1.51. The molecule has 0 saturated heterocycles. The van der Waals surface area contributed by atoms with E-state index in [0.29, 0.717) is 11.5 Å². The lowest BCUT2D eigenvalue weighted by molar-refractivity contribution is 0.0636. The first-order valence-electron chi connectivity index (χ1n) is 7.89. The van der Waals surface area contributed by atoms with Gasteiger partial charge in [-0.15, -0.1) is 0 Å². The molecular weight excluding hydrogens is 260 g/mol. The Balaban J connectivity index is 2.15. The van der Waals surface area contributed by atoms with Gasteiger partial charge in [0.2, 0.25) is 0 Å². The van der Waals surface area contributed by atoms with E-state index in [9.17, 15) is 4.79 Å². The van der Waals surface area contributed by atoms with Crippen LogP contribution in [-0.2, 0) is 0 Å². The quantitative estimate of drug-likeness (QED) is 0.909. The van der Waals surface area contributed by atoms with Crippen LogP contribution in [-0.4, -0.2) is 30.9 Å². The number of carbonyl (C=O) groups is 1. The molecule has 1 saturated carbocycles. The lowest BCUT2D eigenvalue weighted by Gasteiger charge is -2.38. The minimum absolute atomic E-state index is 0.132. The van der Waals surface area contributed by atoms with E-state index < -0.39 is 0 Å². The van der Waals surface area contributed by atoms with Crippen molar-refractivity contribution in [3.63, 3.8) is 0 Å². The van der Waals surface area contributed by atoms with Crippen LogP contribution in [0.1, 0.15) is 55.5 Å². The summed E-state index contributed by atoms with van der Waals surface area (Å²) in [6.07, 6.45) is 4.61. The number of benzene rings is 1. The van der Waals surface area contributed by atoms with Gasteiger partial charge in [0.15, 0.2) is 0 Å². The Kier molecular flexibility index (Phi) is 4.60. The molecule has 0 aliphatic heterocycles. The van der Waals surface area contributed by atoms with E-state index in [-0.39, 0.29) is 5.91 Å². The predicted octanol–water partition coefficient (Wildman–Crippen LogP) is 4.08. The first kappa shape index (κ1) is 15.9. The number of hydrogen-bond acceptors (Lipinski definition) is 2. The molecule has 21 heavy (non-hydrogen) atoms. The normalized spacial score (nSPS) is 18.3. The van der Waals surface area contributed by atoms with Gasteiger partial charge in [0, 0.05) is 25.8 Å². The predicted molar refractivity (Wildman–Crippen MR) is 88.9 cm³/mol. The first-order chi connectivity index (χ1) is 9.84. The van der Waals surface area contributed by atoms with E-state index >= 15 is 0 Å². The molecule has 2 rings (SSSR count). The Labute approximate surface area is 128 Å². The number of carbonyl (C=O) groups excluding carboxylic acids is 1. The molecule has 1 amide bonds. The van der Waals surface area contributed by atoms with Gasteiger partial charge in [-0.25, -0.2) is 0 Å². The maximum atomic E-state index is 12.8. The van der Waals surface area contributed by atoms with Crippen molar-refractivity contribution in [2.75, 3.05) is 19.4 Å². The van der Waals surface area contributed by atoms with Crippen molar-refractivity contribution in [2.24, 2.45) is 5.41 Å². The van der Waals surface area contributed by atoms with E-state index in [1.54, 1.807) is 0 Å². The monoisotopic (exact) mass is 288 g/mol. The lowest BCUT2D eigenvalue weighted by atomic mass is 9.75. The highest BCUT2D eigenvalue weighted by molar-refractivity contribution is 5.99. The first-order valence-corrected chi connectivity index (χ1v) is 7.89. The maximum Gasteiger partial charge on any atom is 0.255 e. The van der Waals surface area contributed by atoms with Crippen LogP contribution >= 0.6 is 0 Å². The minimum Gasteiger partial charge on any atom is -0.387 e. The summed E-state index contributed by atoms with van der Waals surface area (Å²) in [4.78, 5) is 14.8. The molecule has 0 spiro atoms. The molecule has 3 heteroatoms. The molecule has 0 heterocycles. The number of anilines is 1. The third-order valence-electron chi connectivity index (χ3n) is 4.85. The minimum atomic E-state index is 0.132. The largest absolute Gasteiger partial charge is 0.387 e. The van der Waals surface area contributed by atoms with E-state index in [1.807, 2.05) is 44.1 Å². The number of hydrogen-bond donors (Lipinski definition) is 1. The molecule has 0 aromatic heterocycles. The van der Waals surface area contributed by atoms with E-state index in [1.165, 1.54) is 12.8 Å². The number of rotatable bonds is 3. The van der Waals surface area contributed by atoms with Crippen molar-refractivity contribution < 1.29 is 4.79 Å². The van der Waals surface area contributed by atoms with Crippen LogP contribution in [0.2, 0.25) is 0 Å². The number of nitrogens with one attached hydrogen (secondary N) is 1. The van der Waals surface area contributed by atoms with E-state index in [2.05, 4.69) is 19.2 Å². The summed E-state index contributed by atoms with van der Waals surface area (Å²) >= 11 is 0. The van der Waals surface area contributed by atoms with Crippen molar-refractivity contribution in [3.05, 3.63) is 29.3 Å². The molecule has 1 aromatic rings. The van der Waals surface area contributed by atoms with Crippen molar-refractivity contribution >= 4 is 11.6 Å². The van der Waals surface area contributed by atoms with Crippen LogP contribution < -0.4 is 5.32 Å². The Morgan fingerprint density at radius 2 is 1.90 bits per heavy atom. The highest BCUT2D eigenvalue weighted by atomic mass is 16.2. The molecule has 116 valence electrons. The third kappa shape index (κ3) is 3.58. The van der Waals surface area contributed by atoms with Gasteiger partial charge in [0.05, 0.1) is 5.56 Å². The fraction of sp³-hybridized carbons (Fsp3) is 0.611. The van der Waals surface area contributed by atoms with Crippen LogP contribution in [0.25, 0.3) is 0 Å². The van der Waals surface area contributed by atoms with Gasteiger partial charge in [0.25, 0.3) is 5.91 Å². The topological polar surface area (TPSA) is 32.3 Å². The van der Waals surface area contributed by atoms with Crippen LogP contribution in [0.5, 0.6) is 0 Å². The van der Waals surface area contributed by atoms with Crippen molar-refractivity contribution in [2.45, 2.75) is 52.5 Å². The Morgan fingerprint density at radius 1 is 1.29 bits per heavy atom. The Bertz CT molecular complexity index is 512. The fourth-order valence-corrected chi connectivity index (χ4v) is 3.18. The summed E-state index contributed by atoms with van der Waals surface area (Å²) in [7, 11) is 3.82. The average molecular weight is 288 g/mol. The SMILES string of the molecule is CNc1ccc(C)cc1C(=O)N(C)C1CCC(C)(C)CC1. The van der Waals surface area contributed by atoms with Crippen LogP contribution in [0.3, 0.4) is 0 Å². The molecule has 1 N–H and O–H groups in total. The zero-order valence-electron chi connectivity index (χ0n) is 14.0. The molecule has 1 aromatic carbocycles. The van der Waals surface area contributed by atoms with Gasteiger partial charge in [0.1, 0.15) is 0 Å². The summed E-state index contributed by atoms with van der Waals surface area (Å²) in [5.74, 6) is 0.132. The van der Waals surface area contributed by atoms with E-state index in [0.717, 1.165) is 29.7 Å². The standard InChI is InChI=1S/C18H28N2O/c1-13-6-7-16(19-4)15(12-13)17(21)20(5)14-8-10-18(2,3)11-9-14/h6-7,12,14,19H,8-11H2,1-5H3. The van der Waals surface area contributed by atoms with Crippen molar-refractivity contribution in [1.29, 1.82) is 0 Å². The number of nitrogens with zero attached hydrogens (tertiary/aromatic N) is 1. The fourth-order valence-electron chi connectivity index (χ4n) is 3.18. The highest BCUT2D eigenvalue weighted by Gasteiger charge is 2.31.